The van der Waals surface area contributed by atoms with Gasteiger partial charge < -0.3 is 10.4 Å². The van der Waals surface area contributed by atoms with Crippen LogP contribution in [0.25, 0.3) is 11.4 Å². The number of halogens is 1. The maximum Gasteiger partial charge on any atom is 0.362 e. The first kappa shape index (κ1) is 13.6. The van der Waals surface area contributed by atoms with Crippen molar-refractivity contribution in [2.75, 3.05) is 5.32 Å². The minimum Gasteiger partial charge on any atom is -0.476 e. The average Bonchev–Trinajstić information content (AvgIpc) is 3.14. The molecule has 3 rings (SSSR count). The Hall–Kier alpha value is -3.37. The molecule has 0 fully saturated rings. The molecule has 0 atom stereocenters. The van der Waals surface area contributed by atoms with Crippen molar-refractivity contribution >= 4 is 11.8 Å². The SMILES string of the molecule is O=C(O)c1nonc1NCn1nnnc1-c1ccc(F)cc1. The van der Waals surface area contributed by atoms with E-state index in [1.807, 2.05) is 0 Å². The Morgan fingerprint density at radius 3 is 2.82 bits per heavy atom. The number of carboxylic acids is 1. The minimum absolute atomic E-state index is 0.0220. The van der Waals surface area contributed by atoms with Gasteiger partial charge in [-0.05, 0) is 45.0 Å². The van der Waals surface area contributed by atoms with Gasteiger partial charge >= 0.3 is 5.97 Å². The van der Waals surface area contributed by atoms with Crippen LogP contribution >= 0.6 is 0 Å². The van der Waals surface area contributed by atoms with Crippen LogP contribution in [0.5, 0.6) is 0 Å². The fourth-order valence-electron chi connectivity index (χ4n) is 1.71. The first-order valence-corrected chi connectivity index (χ1v) is 5.97. The van der Waals surface area contributed by atoms with Crippen LogP contribution in [0.4, 0.5) is 10.2 Å². The third kappa shape index (κ3) is 2.59. The third-order valence-electron chi connectivity index (χ3n) is 2.72. The van der Waals surface area contributed by atoms with Crippen LogP contribution in [0.1, 0.15) is 10.5 Å². The fourth-order valence-corrected chi connectivity index (χ4v) is 1.71. The topological polar surface area (TPSA) is 132 Å². The Bertz CT molecular complexity index is 798. The zero-order valence-electron chi connectivity index (χ0n) is 10.8. The molecule has 0 unspecified atom stereocenters. The number of benzene rings is 1. The Kier molecular flexibility index (Phi) is 3.43. The number of hydrogen-bond acceptors (Lipinski definition) is 8. The highest BCUT2D eigenvalue weighted by atomic mass is 19.1. The first-order chi connectivity index (χ1) is 10.6. The molecule has 1 aromatic carbocycles. The van der Waals surface area contributed by atoms with E-state index in [0.717, 1.165) is 0 Å². The maximum atomic E-state index is 12.9. The zero-order chi connectivity index (χ0) is 15.5. The Morgan fingerprint density at radius 2 is 2.09 bits per heavy atom. The molecular formula is C11H8FN7O3. The van der Waals surface area contributed by atoms with Crippen molar-refractivity contribution in [2.45, 2.75) is 6.67 Å². The van der Waals surface area contributed by atoms with E-state index >= 15 is 0 Å². The van der Waals surface area contributed by atoms with E-state index in [1.54, 1.807) is 0 Å². The van der Waals surface area contributed by atoms with Crippen LogP contribution in [0.15, 0.2) is 28.9 Å². The molecule has 0 saturated carbocycles. The number of anilines is 1. The molecule has 22 heavy (non-hydrogen) atoms. The summed E-state index contributed by atoms with van der Waals surface area (Å²) in [5, 5.41) is 29.4. The zero-order valence-corrected chi connectivity index (χ0v) is 10.8. The molecule has 0 radical (unpaired) electrons. The highest BCUT2D eigenvalue weighted by Gasteiger charge is 2.17. The van der Waals surface area contributed by atoms with Crippen molar-refractivity contribution in [3.05, 3.63) is 35.8 Å². The summed E-state index contributed by atoms with van der Waals surface area (Å²) in [6.45, 7) is 0.0220. The summed E-state index contributed by atoms with van der Waals surface area (Å²) in [4.78, 5) is 10.9. The summed E-state index contributed by atoms with van der Waals surface area (Å²) < 4.78 is 18.6. The van der Waals surface area contributed by atoms with Gasteiger partial charge in [-0.15, -0.1) is 5.10 Å². The maximum absolute atomic E-state index is 12.9. The van der Waals surface area contributed by atoms with Gasteiger partial charge in [-0.3, -0.25) is 0 Å². The molecule has 0 aliphatic carbocycles. The molecule has 0 spiro atoms. The summed E-state index contributed by atoms with van der Waals surface area (Å²) >= 11 is 0. The fraction of sp³-hybridized carbons (Fsp3) is 0.0909. The van der Waals surface area contributed by atoms with Gasteiger partial charge in [-0.1, -0.05) is 0 Å². The molecule has 3 aromatic rings. The monoisotopic (exact) mass is 305 g/mol. The number of hydrogen-bond donors (Lipinski definition) is 2. The normalized spacial score (nSPS) is 10.6. The van der Waals surface area contributed by atoms with Crippen LogP contribution in [0.3, 0.4) is 0 Å². The summed E-state index contributed by atoms with van der Waals surface area (Å²) in [7, 11) is 0. The number of aromatic carboxylic acids is 1. The molecule has 10 nitrogen and oxygen atoms in total. The highest BCUT2D eigenvalue weighted by molar-refractivity contribution is 5.90. The van der Waals surface area contributed by atoms with Gasteiger partial charge in [0.15, 0.2) is 5.82 Å². The molecule has 11 heteroatoms. The Morgan fingerprint density at radius 1 is 1.32 bits per heavy atom. The van der Waals surface area contributed by atoms with E-state index in [1.165, 1.54) is 28.9 Å². The van der Waals surface area contributed by atoms with E-state index in [-0.39, 0.29) is 24.0 Å². The standard InChI is InChI=1S/C11H8FN7O3/c12-7-3-1-6(2-4-7)10-14-17-18-19(10)5-13-9-8(11(20)21)15-22-16-9/h1-4H,5H2,(H,13,16)(H,20,21). The second kappa shape index (κ2) is 5.55. The molecule has 2 N–H and O–H groups in total. The first-order valence-electron chi connectivity index (χ1n) is 5.97. The van der Waals surface area contributed by atoms with Crippen molar-refractivity contribution in [3.8, 4) is 11.4 Å². The predicted molar refractivity (Wildman–Crippen MR) is 68.1 cm³/mol. The molecular weight excluding hydrogens is 297 g/mol. The van der Waals surface area contributed by atoms with Gasteiger partial charge in [0.05, 0.1) is 0 Å². The van der Waals surface area contributed by atoms with Gasteiger partial charge in [0.25, 0.3) is 0 Å². The summed E-state index contributed by atoms with van der Waals surface area (Å²) in [6.07, 6.45) is 0. The highest BCUT2D eigenvalue weighted by Crippen LogP contribution is 2.16. The number of rotatable bonds is 5. The smallest absolute Gasteiger partial charge is 0.362 e. The number of nitrogens with one attached hydrogen (secondary N) is 1. The van der Waals surface area contributed by atoms with Crippen LogP contribution in [-0.2, 0) is 6.67 Å². The van der Waals surface area contributed by atoms with Crippen molar-refractivity contribution in [1.82, 2.24) is 30.5 Å². The largest absolute Gasteiger partial charge is 0.476 e. The summed E-state index contributed by atoms with van der Waals surface area (Å²) in [6, 6.07) is 5.62. The van der Waals surface area contributed by atoms with E-state index in [2.05, 4.69) is 35.8 Å². The third-order valence-corrected chi connectivity index (χ3v) is 2.72. The molecule has 0 amide bonds. The van der Waals surface area contributed by atoms with Gasteiger partial charge in [0.2, 0.25) is 11.5 Å². The van der Waals surface area contributed by atoms with Crippen molar-refractivity contribution in [1.29, 1.82) is 0 Å². The summed E-state index contributed by atoms with van der Waals surface area (Å²) in [5.74, 6) is -1.33. The van der Waals surface area contributed by atoms with Gasteiger partial charge in [0, 0.05) is 5.56 Å². The average molecular weight is 305 g/mol. The molecule has 0 aliphatic heterocycles. The lowest BCUT2D eigenvalue weighted by atomic mass is 10.2. The number of aromatic nitrogens is 6. The molecule has 112 valence electrons. The molecule has 2 heterocycles. The molecule has 0 aliphatic rings. The van der Waals surface area contributed by atoms with Crippen LogP contribution in [0.2, 0.25) is 0 Å². The lowest BCUT2D eigenvalue weighted by molar-refractivity contribution is 0.0685. The molecule has 0 bridgehead atoms. The number of carbonyl (C=O) groups is 1. The molecule has 2 aromatic heterocycles. The van der Waals surface area contributed by atoms with Crippen LogP contribution < -0.4 is 5.32 Å². The minimum atomic E-state index is -1.28. The van der Waals surface area contributed by atoms with Gasteiger partial charge in [-0.25, -0.2) is 18.5 Å². The second-order valence-electron chi connectivity index (χ2n) is 4.11. The van der Waals surface area contributed by atoms with Crippen LogP contribution in [0, 0.1) is 5.82 Å². The quantitative estimate of drug-likeness (QED) is 0.696. The van der Waals surface area contributed by atoms with Gasteiger partial charge in [-0.2, -0.15) is 0 Å². The van der Waals surface area contributed by atoms with Crippen molar-refractivity contribution < 1.29 is 18.9 Å². The second-order valence-corrected chi connectivity index (χ2v) is 4.11. The number of nitrogens with zero attached hydrogens (tertiary/aromatic N) is 6. The van der Waals surface area contributed by atoms with Crippen molar-refractivity contribution in [3.63, 3.8) is 0 Å². The van der Waals surface area contributed by atoms with E-state index in [4.69, 9.17) is 5.11 Å². The predicted octanol–water partition coefficient (Wildman–Crippen LogP) is 0.630. The summed E-state index contributed by atoms with van der Waals surface area (Å²) in [5.41, 5.74) is 0.251. The lowest BCUT2D eigenvalue weighted by Crippen LogP contribution is -2.13. The van der Waals surface area contributed by atoms with Crippen molar-refractivity contribution in [2.24, 2.45) is 0 Å². The van der Waals surface area contributed by atoms with E-state index in [9.17, 15) is 9.18 Å². The lowest BCUT2D eigenvalue weighted by Gasteiger charge is -2.05. The molecule has 0 saturated heterocycles. The number of carboxylic acid groups (broad SMARTS) is 1. The Balaban J connectivity index is 1.79. The number of tetrazole rings is 1. The van der Waals surface area contributed by atoms with E-state index < -0.39 is 5.97 Å². The van der Waals surface area contributed by atoms with E-state index in [0.29, 0.717) is 11.4 Å². The van der Waals surface area contributed by atoms with Gasteiger partial charge in [0.1, 0.15) is 12.5 Å². The Labute approximate surface area is 121 Å². The van der Waals surface area contributed by atoms with Crippen LogP contribution in [-0.4, -0.2) is 41.6 Å².